The molecule has 2 atom stereocenters. The lowest BCUT2D eigenvalue weighted by Gasteiger charge is -2.35. The zero-order chi connectivity index (χ0) is 11.9. The Kier molecular flexibility index (Phi) is 6.60. The normalized spacial score (nSPS) is 17.1. The van der Waals surface area contributed by atoms with Crippen LogP contribution in [0.4, 0.5) is 0 Å². The fourth-order valence-electron chi connectivity index (χ4n) is 2.11. The molecule has 0 saturated heterocycles. The first-order chi connectivity index (χ1) is 6.96. The van der Waals surface area contributed by atoms with E-state index in [0.717, 1.165) is 25.7 Å². The summed E-state index contributed by atoms with van der Waals surface area (Å²) in [6.45, 7) is 8.49. The number of nitrogens with zero attached hydrogens (tertiary/aromatic N) is 1. The van der Waals surface area contributed by atoms with Gasteiger partial charge >= 0.3 is 0 Å². The van der Waals surface area contributed by atoms with E-state index in [-0.39, 0.29) is 0 Å². The lowest BCUT2D eigenvalue weighted by atomic mass is 9.77. The molecule has 2 heteroatoms. The minimum atomic E-state index is -0.570. The molecule has 1 N–H and O–H groups in total. The Hall–Kier alpha value is -0.550. The summed E-state index contributed by atoms with van der Waals surface area (Å²) >= 11 is 0. The number of hydrogen-bond acceptors (Lipinski definition) is 2. The molecule has 15 heavy (non-hydrogen) atoms. The van der Waals surface area contributed by atoms with Crippen LogP contribution in [-0.4, -0.2) is 10.7 Å². The molecule has 0 saturated carbocycles. The Bertz CT molecular complexity index is 207. The molecular weight excluding hydrogens is 186 g/mol. The van der Waals surface area contributed by atoms with Gasteiger partial charge in [0.1, 0.15) is 0 Å². The van der Waals surface area contributed by atoms with E-state index in [2.05, 4.69) is 33.8 Å². The van der Waals surface area contributed by atoms with Crippen molar-refractivity contribution in [2.24, 2.45) is 11.8 Å². The smallest absolute Gasteiger partial charge is 0.0675 e. The first-order valence-corrected chi connectivity index (χ1v) is 6.05. The standard InChI is InChI=1S/C13H25NO/c1-5-12(4)13(15,10-11(2)3)8-6-7-9-14/h11-12,15H,5-8,10H2,1-4H3. The van der Waals surface area contributed by atoms with Crippen molar-refractivity contribution < 1.29 is 5.11 Å². The van der Waals surface area contributed by atoms with Crippen molar-refractivity contribution in [3.63, 3.8) is 0 Å². The van der Waals surface area contributed by atoms with Crippen molar-refractivity contribution in [1.82, 2.24) is 0 Å². The molecule has 0 aromatic rings. The SMILES string of the molecule is CCC(C)C(O)(CCCC#N)CC(C)C. The van der Waals surface area contributed by atoms with E-state index in [1.54, 1.807) is 0 Å². The highest BCUT2D eigenvalue weighted by Crippen LogP contribution is 2.32. The Balaban J connectivity index is 4.34. The average Bonchev–Trinajstić information content (AvgIpc) is 2.15. The molecule has 0 aliphatic rings. The highest BCUT2D eigenvalue weighted by Gasteiger charge is 2.32. The van der Waals surface area contributed by atoms with Gasteiger partial charge in [0.25, 0.3) is 0 Å². The van der Waals surface area contributed by atoms with Gasteiger partial charge in [0, 0.05) is 6.42 Å². The highest BCUT2D eigenvalue weighted by molar-refractivity contribution is 4.85. The summed E-state index contributed by atoms with van der Waals surface area (Å²) in [6.07, 6.45) is 3.96. The van der Waals surface area contributed by atoms with Crippen molar-refractivity contribution in [3.05, 3.63) is 0 Å². The zero-order valence-electron chi connectivity index (χ0n) is 10.6. The van der Waals surface area contributed by atoms with E-state index in [9.17, 15) is 5.11 Å². The molecule has 2 nitrogen and oxygen atoms in total. The van der Waals surface area contributed by atoms with E-state index in [1.807, 2.05) is 0 Å². The number of aliphatic hydroxyl groups is 1. The maximum atomic E-state index is 10.6. The second-order valence-electron chi connectivity index (χ2n) is 5.02. The Morgan fingerprint density at radius 1 is 1.33 bits per heavy atom. The zero-order valence-corrected chi connectivity index (χ0v) is 10.6. The second-order valence-corrected chi connectivity index (χ2v) is 5.02. The van der Waals surface area contributed by atoms with Crippen LogP contribution in [-0.2, 0) is 0 Å². The summed E-state index contributed by atoms with van der Waals surface area (Å²) in [5.41, 5.74) is -0.570. The Morgan fingerprint density at radius 2 is 1.93 bits per heavy atom. The molecule has 0 fully saturated rings. The molecule has 0 aliphatic heterocycles. The molecule has 0 rings (SSSR count). The van der Waals surface area contributed by atoms with Crippen LogP contribution in [0.1, 0.15) is 59.8 Å². The lowest BCUT2D eigenvalue weighted by molar-refractivity contribution is -0.0394. The van der Waals surface area contributed by atoms with Gasteiger partial charge in [-0.1, -0.05) is 34.1 Å². The molecule has 0 aromatic heterocycles. The van der Waals surface area contributed by atoms with Gasteiger partial charge in [-0.25, -0.2) is 0 Å². The first-order valence-electron chi connectivity index (χ1n) is 6.05. The Morgan fingerprint density at radius 3 is 2.33 bits per heavy atom. The van der Waals surface area contributed by atoms with Gasteiger partial charge in [0.15, 0.2) is 0 Å². The molecule has 0 aliphatic carbocycles. The fourth-order valence-corrected chi connectivity index (χ4v) is 2.11. The third-order valence-electron chi connectivity index (χ3n) is 3.19. The van der Waals surface area contributed by atoms with Crippen molar-refractivity contribution in [2.45, 2.75) is 65.4 Å². The third kappa shape index (κ3) is 5.18. The van der Waals surface area contributed by atoms with Crippen LogP contribution in [0.15, 0.2) is 0 Å². The summed E-state index contributed by atoms with van der Waals surface area (Å²) in [6, 6.07) is 2.14. The lowest BCUT2D eigenvalue weighted by Crippen LogP contribution is -2.37. The summed E-state index contributed by atoms with van der Waals surface area (Å²) < 4.78 is 0. The molecular formula is C13H25NO. The predicted octanol–water partition coefficient (Wildman–Crippen LogP) is 3.50. The largest absolute Gasteiger partial charge is 0.390 e. The predicted molar refractivity (Wildman–Crippen MR) is 63.3 cm³/mol. The van der Waals surface area contributed by atoms with E-state index < -0.39 is 5.60 Å². The quantitative estimate of drug-likeness (QED) is 0.655. The van der Waals surface area contributed by atoms with Gasteiger partial charge in [0.05, 0.1) is 11.7 Å². The Labute approximate surface area is 94.3 Å². The summed E-state index contributed by atoms with van der Waals surface area (Å²) in [5.74, 6) is 0.824. The van der Waals surface area contributed by atoms with Crippen molar-refractivity contribution in [1.29, 1.82) is 5.26 Å². The van der Waals surface area contributed by atoms with Gasteiger partial charge in [-0.05, 0) is 31.1 Å². The molecule has 0 heterocycles. The molecule has 88 valence electrons. The summed E-state index contributed by atoms with van der Waals surface area (Å²) in [7, 11) is 0. The van der Waals surface area contributed by atoms with Crippen LogP contribution in [0.3, 0.4) is 0 Å². The average molecular weight is 211 g/mol. The number of nitriles is 1. The number of rotatable bonds is 7. The van der Waals surface area contributed by atoms with Gasteiger partial charge in [-0.3, -0.25) is 0 Å². The number of hydrogen-bond donors (Lipinski definition) is 1. The summed E-state index contributed by atoms with van der Waals surface area (Å²) in [4.78, 5) is 0. The molecule has 2 unspecified atom stereocenters. The molecule has 0 radical (unpaired) electrons. The fraction of sp³-hybridized carbons (Fsp3) is 0.923. The third-order valence-corrected chi connectivity index (χ3v) is 3.19. The minimum absolute atomic E-state index is 0.318. The maximum Gasteiger partial charge on any atom is 0.0675 e. The second kappa shape index (κ2) is 6.85. The minimum Gasteiger partial charge on any atom is -0.390 e. The van der Waals surface area contributed by atoms with Crippen LogP contribution in [0.25, 0.3) is 0 Å². The van der Waals surface area contributed by atoms with Crippen LogP contribution in [0, 0.1) is 23.2 Å². The molecule has 0 amide bonds. The maximum absolute atomic E-state index is 10.6. The van der Waals surface area contributed by atoms with E-state index in [0.29, 0.717) is 18.3 Å². The highest BCUT2D eigenvalue weighted by atomic mass is 16.3. The van der Waals surface area contributed by atoms with E-state index >= 15 is 0 Å². The van der Waals surface area contributed by atoms with Crippen LogP contribution in [0.5, 0.6) is 0 Å². The van der Waals surface area contributed by atoms with Crippen LogP contribution < -0.4 is 0 Å². The number of unbranched alkanes of at least 4 members (excludes halogenated alkanes) is 1. The van der Waals surface area contributed by atoms with Gasteiger partial charge in [0.2, 0.25) is 0 Å². The van der Waals surface area contributed by atoms with Crippen LogP contribution >= 0.6 is 0 Å². The molecule has 0 spiro atoms. The molecule has 0 aromatic carbocycles. The van der Waals surface area contributed by atoms with Crippen LogP contribution in [0.2, 0.25) is 0 Å². The van der Waals surface area contributed by atoms with Gasteiger partial charge in [-0.2, -0.15) is 5.26 Å². The first kappa shape index (κ1) is 14.5. The summed E-state index contributed by atoms with van der Waals surface area (Å²) in [5, 5.41) is 19.1. The van der Waals surface area contributed by atoms with Crippen molar-refractivity contribution in [3.8, 4) is 6.07 Å². The van der Waals surface area contributed by atoms with E-state index in [1.165, 1.54) is 0 Å². The molecule has 0 bridgehead atoms. The van der Waals surface area contributed by atoms with Crippen molar-refractivity contribution in [2.75, 3.05) is 0 Å². The van der Waals surface area contributed by atoms with E-state index in [4.69, 9.17) is 5.26 Å². The monoisotopic (exact) mass is 211 g/mol. The van der Waals surface area contributed by atoms with Gasteiger partial charge < -0.3 is 5.11 Å². The van der Waals surface area contributed by atoms with Crippen molar-refractivity contribution >= 4 is 0 Å². The topological polar surface area (TPSA) is 44.0 Å². The van der Waals surface area contributed by atoms with Gasteiger partial charge in [-0.15, -0.1) is 0 Å².